The minimum Gasteiger partial charge on any atom is -0.372 e. The summed E-state index contributed by atoms with van der Waals surface area (Å²) in [5.41, 5.74) is 1.83. The lowest BCUT2D eigenvalue weighted by Crippen LogP contribution is -2.45. The number of nitrogens with one attached hydrogen (secondary N) is 3. The number of aromatic nitrogens is 3. The number of nitrogens with zero attached hydrogens (tertiary/aromatic N) is 3. The van der Waals surface area contributed by atoms with Crippen LogP contribution in [-0.2, 0) is 11.2 Å². The van der Waals surface area contributed by atoms with Gasteiger partial charge in [0.2, 0.25) is 0 Å². The average Bonchev–Trinajstić information content (AvgIpc) is 3.12. The molecule has 1 aromatic heterocycles. The maximum absolute atomic E-state index is 12.2. The normalized spacial score (nSPS) is 20.0. The molecule has 0 spiro atoms. The molecule has 8 heteroatoms. The molecule has 140 valence electrons. The van der Waals surface area contributed by atoms with Gasteiger partial charge in [0.25, 0.3) is 0 Å². The van der Waals surface area contributed by atoms with Crippen LogP contribution in [0.3, 0.4) is 0 Å². The molecule has 8 nitrogen and oxygen atoms in total. The molecule has 26 heavy (non-hydrogen) atoms. The van der Waals surface area contributed by atoms with Crippen molar-refractivity contribution in [3.05, 3.63) is 36.4 Å². The number of H-pyrrole nitrogens is 1. The third kappa shape index (κ3) is 4.95. The number of benzene rings is 1. The highest BCUT2D eigenvalue weighted by atomic mass is 16.5. The number of para-hydroxylation sites is 2. The Bertz CT molecular complexity index is 695. The van der Waals surface area contributed by atoms with E-state index in [9.17, 15) is 4.79 Å². The number of anilines is 2. The van der Waals surface area contributed by atoms with Gasteiger partial charge in [-0.05, 0) is 32.4 Å². The van der Waals surface area contributed by atoms with Crippen molar-refractivity contribution in [2.24, 2.45) is 0 Å². The lowest BCUT2D eigenvalue weighted by molar-refractivity contribution is -0.00517. The summed E-state index contributed by atoms with van der Waals surface area (Å²) in [7, 11) is 0. The Hall–Kier alpha value is -2.61. The van der Waals surface area contributed by atoms with Crippen LogP contribution in [0.1, 0.15) is 26.1 Å². The highest BCUT2D eigenvalue weighted by Crippen LogP contribution is 2.28. The van der Waals surface area contributed by atoms with Crippen LogP contribution < -0.4 is 15.5 Å². The highest BCUT2D eigenvalue weighted by Gasteiger charge is 2.24. The Balaban J connectivity index is 1.53. The van der Waals surface area contributed by atoms with Gasteiger partial charge in [-0.15, -0.1) is 0 Å². The highest BCUT2D eigenvalue weighted by molar-refractivity contribution is 5.93. The van der Waals surface area contributed by atoms with Gasteiger partial charge < -0.3 is 20.3 Å². The number of carbonyl (C=O) groups excluding carboxylic acids is 1. The van der Waals surface area contributed by atoms with Crippen LogP contribution in [0.5, 0.6) is 0 Å². The van der Waals surface area contributed by atoms with Gasteiger partial charge in [0.15, 0.2) is 0 Å². The van der Waals surface area contributed by atoms with Gasteiger partial charge >= 0.3 is 6.03 Å². The van der Waals surface area contributed by atoms with Crippen molar-refractivity contribution in [1.29, 1.82) is 0 Å². The molecular weight excluding hydrogens is 332 g/mol. The molecule has 0 radical (unpaired) electrons. The van der Waals surface area contributed by atoms with E-state index in [1.807, 2.05) is 24.3 Å². The summed E-state index contributed by atoms with van der Waals surface area (Å²) < 4.78 is 5.80. The van der Waals surface area contributed by atoms with E-state index in [0.717, 1.165) is 43.1 Å². The number of hydrogen-bond acceptors (Lipinski definition) is 5. The molecule has 2 amide bonds. The van der Waals surface area contributed by atoms with Crippen molar-refractivity contribution in [3.8, 4) is 0 Å². The molecular formula is C18H26N6O2. The summed E-state index contributed by atoms with van der Waals surface area (Å²) in [6.45, 7) is 6.32. The van der Waals surface area contributed by atoms with E-state index in [4.69, 9.17) is 4.74 Å². The summed E-state index contributed by atoms with van der Waals surface area (Å²) in [5.74, 6) is 0.827. The molecule has 2 atom stereocenters. The second-order valence-corrected chi connectivity index (χ2v) is 6.60. The number of rotatable bonds is 6. The van der Waals surface area contributed by atoms with Crippen molar-refractivity contribution in [2.75, 3.05) is 29.9 Å². The number of ether oxygens (including phenoxy) is 1. The Labute approximate surface area is 153 Å². The molecule has 1 fully saturated rings. The maximum Gasteiger partial charge on any atom is 0.319 e. The molecule has 1 aromatic carbocycles. The molecule has 1 saturated heterocycles. The van der Waals surface area contributed by atoms with Gasteiger partial charge in [-0.3, -0.25) is 5.10 Å². The van der Waals surface area contributed by atoms with Crippen molar-refractivity contribution >= 4 is 17.4 Å². The number of amides is 2. The van der Waals surface area contributed by atoms with Crippen LogP contribution in [0.15, 0.2) is 30.6 Å². The SMILES string of the molecule is C[C@@H]1CN(c2ccccc2NC(=O)NCCCc2ncn[nH]2)C[C@H](C)O1. The molecule has 1 aliphatic heterocycles. The van der Waals surface area contributed by atoms with E-state index in [-0.39, 0.29) is 18.2 Å². The number of morpholine rings is 1. The number of hydrogen-bond donors (Lipinski definition) is 3. The monoisotopic (exact) mass is 358 g/mol. The van der Waals surface area contributed by atoms with E-state index in [1.165, 1.54) is 6.33 Å². The minimum absolute atomic E-state index is 0.164. The van der Waals surface area contributed by atoms with Gasteiger partial charge in [-0.25, -0.2) is 9.78 Å². The van der Waals surface area contributed by atoms with Gasteiger partial charge in [0.05, 0.1) is 23.6 Å². The van der Waals surface area contributed by atoms with Gasteiger partial charge in [0.1, 0.15) is 12.2 Å². The van der Waals surface area contributed by atoms with Crippen molar-refractivity contribution in [3.63, 3.8) is 0 Å². The van der Waals surface area contributed by atoms with Crippen molar-refractivity contribution in [2.45, 2.75) is 38.9 Å². The van der Waals surface area contributed by atoms with Crippen LogP contribution in [0.25, 0.3) is 0 Å². The smallest absolute Gasteiger partial charge is 0.319 e. The standard InChI is InChI=1S/C18H26N6O2/c1-13-10-24(11-14(2)26-13)16-7-4-3-6-15(16)22-18(25)19-9-5-8-17-20-12-21-23-17/h3-4,6-7,12-14H,5,8-11H2,1-2H3,(H2,19,22,25)(H,20,21,23)/t13-,14+. The molecule has 2 heterocycles. The van der Waals surface area contributed by atoms with Crippen LogP contribution in [0, 0.1) is 0 Å². The third-order valence-corrected chi connectivity index (χ3v) is 4.25. The first kappa shape index (κ1) is 18.2. The fourth-order valence-electron chi connectivity index (χ4n) is 3.21. The van der Waals surface area contributed by atoms with Crippen molar-refractivity contribution < 1.29 is 9.53 Å². The topological polar surface area (TPSA) is 95.2 Å². The quantitative estimate of drug-likeness (QED) is 0.688. The Morgan fingerprint density at radius 1 is 1.31 bits per heavy atom. The zero-order chi connectivity index (χ0) is 18.4. The van der Waals surface area contributed by atoms with E-state index in [2.05, 4.69) is 44.6 Å². The molecule has 0 bridgehead atoms. The van der Waals surface area contributed by atoms with Crippen LogP contribution in [0.2, 0.25) is 0 Å². The fourth-order valence-corrected chi connectivity index (χ4v) is 3.21. The first-order valence-electron chi connectivity index (χ1n) is 9.00. The Kier molecular flexibility index (Phi) is 6.06. The number of aryl methyl sites for hydroxylation is 1. The summed E-state index contributed by atoms with van der Waals surface area (Å²) in [6.07, 6.45) is 3.36. The van der Waals surface area contributed by atoms with Gasteiger partial charge in [-0.2, -0.15) is 5.10 Å². The fraction of sp³-hybridized carbons (Fsp3) is 0.500. The largest absolute Gasteiger partial charge is 0.372 e. The molecule has 2 aromatic rings. The number of urea groups is 1. The molecule has 0 unspecified atom stereocenters. The van der Waals surface area contributed by atoms with E-state index in [0.29, 0.717) is 6.54 Å². The van der Waals surface area contributed by atoms with Gasteiger partial charge in [-0.1, -0.05) is 12.1 Å². The van der Waals surface area contributed by atoms with Gasteiger partial charge in [0, 0.05) is 26.1 Å². The summed E-state index contributed by atoms with van der Waals surface area (Å²) in [4.78, 5) is 18.6. The van der Waals surface area contributed by atoms with Crippen LogP contribution in [0.4, 0.5) is 16.2 Å². The molecule has 3 N–H and O–H groups in total. The van der Waals surface area contributed by atoms with E-state index in [1.54, 1.807) is 0 Å². The second kappa shape index (κ2) is 8.66. The molecule has 0 saturated carbocycles. The lowest BCUT2D eigenvalue weighted by atomic mass is 10.1. The molecule has 1 aliphatic rings. The maximum atomic E-state index is 12.2. The summed E-state index contributed by atoms with van der Waals surface area (Å²) >= 11 is 0. The van der Waals surface area contributed by atoms with Crippen LogP contribution >= 0.6 is 0 Å². The number of carbonyl (C=O) groups is 1. The second-order valence-electron chi connectivity index (χ2n) is 6.60. The Morgan fingerprint density at radius 3 is 2.81 bits per heavy atom. The van der Waals surface area contributed by atoms with E-state index < -0.39 is 0 Å². The predicted molar refractivity (Wildman–Crippen MR) is 100 cm³/mol. The molecule has 3 rings (SSSR count). The zero-order valence-corrected chi connectivity index (χ0v) is 15.2. The first-order valence-corrected chi connectivity index (χ1v) is 9.00. The first-order chi connectivity index (χ1) is 12.6. The van der Waals surface area contributed by atoms with E-state index >= 15 is 0 Å². The minimum atomic E-state index is -0.204. The number of aromatic amines is 1. The third-order valence-electron chi connectivity index (χ3n) is 4.25. The summed E-state index contributed by atoms with van der Waals surface area (Å²) in [6, 6.07) is 7.67. The van der Waals surface area contributed by atoms with Crippen molar-refractivity contribution in [1.82, 2.24) is 20.5 Å². The molecule has 0 aliphatic carbocycles. The average molecular weight is 358 g/mol. The Morgan fingerprint density at radius 2 is 2.08 bits per heavy atom. The summed E-state index contributed by atoms with van der Waals surface area (Å²) in [5, 5.41) is 12.5. The van der Waals surface area contributed by atoms with Crippen LogP contribution in [-0.4, -0.2) is 53.1 Å². The lowest BCUT2D eigenvalue weighted by Gasteiger charge is -2.37. The zero-order valence-electron chi connectivity index (χ0n) is 15.2. The predicted octanol–water partition coefficient (Wildman–Crippen LogP) is 2.17.